The number of nitrogens with zero attached hydrogens (tertiary/aromatic N) is 2. The summed E-state index contributed by atoms with van der Waals surface area (Å²) in [6.07, 6.45) is 1.00. The Morgan fingerprint density at radius 2 is 1.95 bits per heavy atom. The number of para-hydroxylation sites is 1. The minimum absolute atomic E-state index is 0.0624. The molecule has 0 radical (unpaired) electrons. The van der Waals surface area contributed by atoms with Crippen LogP contribution in [-0.2, 0) is 9.53 Å². The van der Waals surface area contributed by atoms with Crippen molar-refractivity contribution >= 4 is 5.91 Å². The molecular formula is C16H24N2O3. The summed E-state index contributed by atoms with van der Waals surface area (Å²) in [6, 6.07) is 9.46. The average molecular weight is 292 g/mol. The van der Waals surface area contributed by atoms with Gasteiger partial charge in [-0.1, -0.05) is 18.2 Å². The van der Waals surface area contributed by atoms with Crippen molar-refractivity contribution in [2.45, 2.75) is 6.42 Å². The van der Waals surface area contributed by atoms with E-state index >= 15 is 0 Å². The molecule has 1 aliphatic rings. The fraction of sp³-hybridized carbons (Fsp3) is 0.562. The van der Waals surface area contributed by atoms with Gasteiger partial charge in [0.05, 0.1) is 6.61 Å². The Morgan fingerprint density at radius 3 is 2.71 bits per heavy atom. The van der Waals surface area contributed by atoms with Crippen molar-refractivity contribution in [1.82, 2.24) is 9.80 Å². The quantitative estimate of drug-likeness (QED) is 0.791. The van der Waals surface area contributed by atoms with E-state index in [4.69, 9.17) is 9.47 Å². The third-order valence-electron chi connectivity index (χ3n) is 3.66. The average Bonchev–Trinajstić information content (AvgIpc) is 2.77. The van der Waals surface area contributed by atoms with E-state index in [9.17, 15) is 4.79 Å². The Kier molecular flexibility index (Phi) is 6.50. The Labute approximate surface area is 126 Å². The molecule has 0 aliphatic carbocycles. The molecular weight excluding hydrogens is 268 g/mol. The van der Waals surface area contributed by atoms with E-state index in [1.807, 2.05) is 35.2 Å². The van der Waals surface area contributed by atoms with Crippen LogP contribution in [0.3, 0.4) is 0 Å². The number of amides is 1. The number of hydrogen-bond donors (Lipinski definition) is 0. The van der Waals surface area contributed by atoms with Gasteiger partial charge in [-0.2, -0.15) is 0 Å². The van der Waals surface area contributed by atoms with Crippen molar-refractivity contribution in [1.29, 1.82) is 0 Å². The van der Waals surface area contributed by atoms with Crippen molar-refractivity contribution in [3.63, 3.8) is 0 Å². The number of methoxy groups -OCH3 is 1. The topological polar surface area (TPSA) is 42.0 Å². The van der Waals surface area contributed by atoms with Gasteiger partial charge in [0.15, 0.2) is 6.61 Å². The van der Waals surface area contributed by atoms with Gasteiger partial charge < -0.3 is 14.4 Å². The monoisotopic (exact) mass is 292 g/mol. The van der Waals surface area contributed by atoms with Gasteiger partial charge in [0, 0.05) is 33.3 Å². The summed E-state index contributed by atoms with van der Waals surface area (Å²) in [6.45, 7) is 5.28. The number of benzene rings is 1. The van der Waals surface area contributed by atoms with Gasteiger partial charge >= 0.3 is 0 Å². The van der Waals surface area contributed by atoms with Crippen LogP contribution in [-0.4, -0.2) is 68.8 Å². The second-order valence-electron chi connectivity index (χ2n) is 5.17. The molecule has 116 valence electrons. The summed E-state index contributed by atoms with van der Waals surface area (Å²) in [7, 11) is 1.72. The minimum Gasteiger partial charge on any atom is -0.484 e. The standard InChI is InChI=1S/C16H24N2O3/c1-20-13-12-17-8-5-9-18(11-10-17)16(19)14-21-15-6-3-2-4-7-15/h2-4,6-7H,5,8-14H2,1H3. The number of rotatable bonds is 6. The van der Waals surface area contributed by atoms with Crippen LogP contribution in [0.15, 0.2) is 30.3 Å². The minimum atomic E-state index is 0.0624. The molecule has 1 heterocycles. The highest BCUT2D eigenvalue weighted by Crippen LogP contribution is 2.09. The molecule has 1 saturated heterocycles. The number of ether oxygens (including phenoxy) is 2. The highest BCUT2D eigenvalue weighted by atomic mass is 16.5. The molecule has 0 saturated carbocycles. The third-order valence-corrected chi connectivity index (χ3v) is 3.66. The van der Waals surface area contributed by atoms with Gasteiger partial charge in [0.2, 0.25) is 0 Å². The van der Waals surface area contributed by atoms with Crippen LogP contribution in [0.4, 0.5) is 0 Å². The van der Waals surface area contributed by atoms with E-state index in [1.165, 1.54) is 0 Å². The van der Waals surface area contributed by atoms with E-state index in [-0.39, 0.29) is 12.5 Å². The SMILES string of the molecule is COCCN1CCCN(C(=O)COc2ccccc2)CC1. The fourth-order valence-corrected chi connectivity index (χ4v) is 2.42. The molecule has 1 fully saturated rings. The maximum Gasteiger partial charge on any atom is 0.260 e. The third kappa shape index (κ3) is 5.36. The summed E-state index contributed by atoms with van der Waals surface area (Å²) in [4.78, 5) is 16.4. The van der Waals surface area contributed by atoms with Gasteiger partial charge in [-0.25, -0.2) is 0 Å². The van der Waals surface area contributed by atoms with Gasteiger partial charge in [0.25, 0.3) is 5.91 Å². The first kappa shape index (κ1) is 15.8. The number of carbonyl (C=O) groups is 1. The first-order chi connectivity index (χ1) is 10.3. The summed E-state index contributed by atoms with van der Waals surface area (Å²) in [5, 5.41) is 0. The summed E-state index contributed by atoms with van der Waals surface area (Å²) in [5.74, 6) is 0.801. The van der Waals surface area contributed by atoms with Crippen molar-refractivity contribution in [2.24, 2.45) is 0 Å². The maximum atomic E-state index is 12.2. The first-order valence-electron chi connectivity index (χ1n) is 7.46. The van der Waals surface area contributed by atoms with Crippen LogP contribution in [0.25, 0.3) is 0 Å². The molecule has 5 nitrogen and oxygen atoms in total. The van der Waals surface area contributed by atoms with E-state index in [0.717, 1.165) is 51.5 Å². The number of hydrogen-bond acceptors (Lipinski definition) is 4. The van der Waals surface area contributed by atoms with Crippen LogP contribution in [0.5, 0.6) is 5.75 Å². The predicted octanol–water partition coefficient (Wildman–Crippen LogP) is 1.25. The molecule has 0 spiro atoms. The molecule has 1 aromatic carbocycles. The molecule has 21 heavy (non-hydrogen) atoms. The Hall–Kier alpha value is -1.59. The van der Waals surface area contributed by atoms with Crippen LogP contribution in [0.2, 0.25) is 0 Å². The zero-order valence-corrected chi connectivity index (χ0v) is 12.7. The molecule has 0 atom stereocenters. The van der Waals surface area contributed by atoms with Gasteiger partial charge in [-0.15, -0.1) is 0 Å². The molecule has 0 unspecified atom stereocenters. The Balaban J connectivity index is 1.75. The molecule has 5 heteroatoms. The summed E-state index contributed by atoms with van der Waals surface area (Å²) < 4.78 is 10.6. The van der Waals surface area contributed by atoms with E-state index < -0.39 is 0 Å². The molecule has 0 N–H and O–H groups in total. The number of carbonyl (C=O) groups excluding carboxylic acids is 1. The normalized spacial score (nSPS) is 16.5. The van der Waals surface area contributed by atoms with Crippen LogP contribution in [0, 0.1) is 0 Å². The van der Waals surface area contributed by atoms with Crippen LogP contribution < -0.4 is 4.74 Å². The van der Waals surface area contributed by atoms with E-state index in [1.54, 1.807) is 7.11 Å². The van der Waals surface area contributed by atoms with Gasteiger partial charge in [-0.3, -0.25) is 9.69 Å². The van der Waals surface area contributed by atoms with Gasteiger partial charge in [0.1, 0.15) is 5.75 Å². The molecule has 1 aliphatic heterocycles. The molecule has 0 bridgehead atoms. The molecule has 2 rings (SSSR count). The highest BCUT2D eigenvalue weighted by molar-refractivity contribution is 5.77. The van der Waals surface area contributed by atoms with Gasteiger partial charge in [-0.05, 0) is 25.1 Å². The van der Waals surface area contributed by atoms with Crippen molar-refractivity contribution in [2.75, 3.05) is 53.0 Å². The first-order valence-corrected chi connectivity index (χ1v) is 7.46. The van der Waals surface area contributed by atoms with Crippen LogP contribution >= 0.6 is 0 Å². The second kappa shape index (κ2) is 8.64. The van der Waals surface area contributed by atoms with Crippen molar-refractivity contribution in [3.05, 3.63) is 30.3 Å². The highest BCUT2D eigenvalue weighted by Gasteiger charge is 2.19. The van der Waals surface area contributed by atoms with E-state index in [0.29, 0.717) is 0 Å². The lowest BCUT2D eigenvalue weighted by molar-refractivity contribution is -0.133. The lowest BCUT2D eigenvalue weighted by Crippen LogP contribution is -2.38. The maximum absolute atomic E-state index is 12.2. The van der Waals surface area contributed by atoms with Crippen molar-refractivity contribution in [3.8, 4) is 5.75 Å². The second-order valence-corrected chi connectivity index (χ2v) is 5.17. The molecule has 1 aromatic rings. The predicted molar refractivity (Wildman–Crippen MR) is 81.5 cm³/mol. The van der Waals surface area contributed by atoms with Crippen molar-refractivity contribution < 1.29 is 14.3 Å². The Bertz CT molecular complexity index is 425. The Morgan fingerprint density at radius 1 is 1.14 bits per heavy atom. The zero-order chi connectivity index (χ0) is 14.9. The summed E-state index contributed by atoms with van der Waals surface area (Å²) >= 11 is 0. The molecule has 1 amide bonds. The van der Waals surface area contributed by atoms with E-state index in [2.05, 4.69) is 4.90 Å². The summed E-state index contributed by atoms with van der Waals surface area (Å²) in [5.41, 5.74) is 0. The zero-order valence-electron chi connectivity index (χ0n) is 12.7. The lowest BCUT2D eigenvalue weighted by Gasteiger charge is -2.21. The largest absolute Gasteiger partial charge is 0.484 e. The van der Waals surface area contributed by atoms with Crippen LogP contribution in [0.1, 0.15) is 6.42 Å². The molecule has 0 aromatic heterocycles. The smallest absolute Gasteiger partial charge is 0.260 e. The fourth-order valence-electron chi connectivity index (χ4n) is 2.42. The lowest BCUT2D eigenvalue weighted by atomic mass is 10.3.